The monoisotopic (exact) mass is 232 g/mol. The van der Waals surface area contributed by atoms with E-state index < -0.39 is 0 Å². The molecule has 90 valence electrons. The number of nitrogens with two attached hydrogens (primary N) is 1. The van der Waals surface area contributed by atoms with Crippen LogP contribution in [0.3, 0.4) is 0 Å². The molecule has 0 aliphatic carbocycles. The first-order chi connectivity index (χ1) is 8.08. The molecule has 0 fully saturated rings. The zero-order valence-electron chi connectivity index (χ0n) is 9.97. The van der Waals surface area contributed by atoms with Gasteiger partial charge in [-0.05, 0) is 24.3 Å². The Morgan fingerprint density at radius 2 is 2.18 bits per heavy atom. The molecule has 17 heavy (non-hydrogen) atoms. The van der Waals surface area contributed by atoms with Gasteiger partial charge in [0.2, 0.25) is 5.91 Å². The number of aromatic nitrogens is 1. The van der Waals surface area contributed by atoms with Gasteiger partial charge in [0.1, 0.15) is 6.54 Å². The second kappa shape index (κ2) is 4.37. The normalized spacial score (nSPS) is 10.5. The lowest BCUT2D eigenvalue weighted by molar-refractivity contribution is -0.116. The first-order valence-electron chi connectivity index (χ1n) is 5.38. The molecule has 1 amide bonds. The van der Waals surface area contributed by atoms with Crippen LogP contribution < -0.4 is 16.1 Å². The number of amides is 1. The summed E-state index contributed by atoms with van der Waals surface area (Å²) >= 11 is 0. The van der Waals surface area contributed by atoms with Crippen LogP contribution in [0.4, 0.5) is 5.69 Å². The summed E-state index contributed by atoms with van der Waals surface area (Å²) in [5.41, 5.74) is 10.2. The Kier molecular flexibility index (Phi) is 2.91. The lowest BCUT2D eigenvalue weighted by Crippen LogP contribution is -2.27. The van der Waals surface area contributed by atoms with Crippen LogP contribution in [0.15, 0.2) is 30.5 Å². The molecule has 0 atom stereocenters. The fourth-order valence-corrected chi connectivity index (χ4v) is 1.71. The van der Waals surface area contributed by atoms with Crippen molar-refractivity contribution < 1.29 is 4.79 Å². The van der Waals surface area contributed by atoms with Crippen LogP contribution in [0.1, 0.15) is 0 Å². The minimum atomic E-state index is -0.378. The fourth-order valence-electron chi connectivity index (χ4n) is 1.71. The average Bonchev–Trinajstić information content (AvgIpc) is 2.68. The van der Waals surface area contributed by atoms with Crippen molar-refractivity contribution in [2.45, 2.75) is 0 Å². The molecule has 0 bridgehead atoms. The Labute approximate surface area is 99.8 Å². The highest BCUT2D eigenvalue weighted by atomic mass is 16.1. The molecule has 5 heteroatoms. The van der Waals surface area contributed by atoms with E-state index in [0.29, 0.717) is 0 Å². The second-order valence-electron chi connectivity index (χ2n) is 4.12. The lowest BCUT2D eigenvalue weighted by Gasteiger charge is -2.13. The fraction of sp³-hybridized carbons (Fsp3) is 0.250. The molecule has 0 unspecified atom stereocenters. The van der Waals surface area contributed by atoms with E-state index in [2.05, 4.69) is 11.5 Å². The van der Waals surface area contributed by atoms with Crippen LogP contribution in [0, 0.1) is 0 Å². The summed E-state index contributed by atoms with van der Waals surface area (Å²) in [5, 5.41) is 1.12. The molecule has 5 nitrogen and oxygen atoms in total. The third kappa shape index (κ3) is 2.33. The smallest absolute Gasteiger partial charge is 0.238 e. The Hall–Kier alpha value is -2.17. The molecule has 0 spiro atoms. The van der Waals surface area contributed by atoms with E-state index in [1.165, 1.54) is 0 Å². The van der Waals surface area contributed by atoms with Crippen molar-refractivity contribution >= 4 is 22.5 Å². The number of carbonyl (C=O) groups excluding carboxylic acids is 1. The summed E-state index contributed by atoms with van der Waals surface area (Å²) in [4.78, 5) is 12.8. The molecule has 0 aliphatic heterocycles. The summed E-state index contributed by atoms with van der Waals surface area (Å²) in [6.45, 7) is 0.124. The highest BCUT2D eigenvalue weighted by molar-refractivity contribution is 5.84. The molecule has 0 aliphatic rings. The van der Waals surface area contributed by atoms with Gasteiger partial charge in [0.15, 0.2) is 0 Å². The van der Waals surface area contributed by atoms with Gasteiger partial charge in [-0.2, -0.15) is 0 Å². The van der Waals surface area contributed by atoms with Crippen LogP contribution in [-0.2, 0) is 4.79 Å². The van der Waals surface area contributed by atoms with E-state index in [0.717, 1.165) is 16.6 Å². The number of anilines is 1. The molecule has 0 saturated carbocycles. The second-order valence-corrected chi connectivity index (χ2v) is 4.12. The summed E-state index contributed by atoms with van der Waals surface area (Å²) in [6, 6.07) is 8.14. The van der Waals surface area contributed by atoms with E-state index in [1.54, 1.807) is 4.68 Å². The number of carbonyl (C=O) groups is 1. The minimum Gasteiger partial charge on any atom is -0.378 e. The molecule has 0 saturated heterocycles. The van der Waals surface area contributed by atoms with Crippen LogP contribution in [-0.4, -0.2) is 31.2 Å². The van der Waals surface area contributed by atoms with Crippen molar-refractivity contribution in [3.63, 3.8) is 0 Å². The molecule has 3 N–H and O–H groups in total. The maximum Gasteiger partial charge on any atom is 0.238 e. The van der Waals surface area contributed by atoms with E-state index in [-0.39, 0.29) is 12.5 Å². The molecule has 0 radical (unpaired) electrons. The standard InChI is InChI=1S/C12H16N4O/c1-15(2)10-3-4-11-9(7-10)5-6-16(11)14-8-12(13)17/h3-7,14H,8H2,1-2H3,(H2,13,17). The number of rotatable bonds is 4. The van der Waals surface area contributed by atoms with Crippen molar-refractivity contribution in [2.24, 2.45) is 5.73 Å². The average molecular weight is 232 g/mol. The number of nitrogens with one attached hydrogen (secondary N) is 1. The predicted molar refractivity (Wildman–Crippen MR) is 69.7 cm³/mol. The van der Waals surface area contributed by atoms with Gasteiger partial charge in [-0.3, -0.25) is 9.47 Å². The van der Waals surface area contributed by atoms with Crippen LogP contribution in [0.25, 0.3) is 10.9 Å². The number of nitrogens with zero attached hydrogens (tertiary/aromatic N) is 2. The summed E-state index contributed by atoms with van der Waals surface area (Å²) in [7, 11) is 4.01. The van der Waals surface area contributed by atoms with Gasteiger partial charge in [-0.15, -0.1) is 0 Å². The Morgan fingerprint density at radius 3 is 2.82 bits per heavy atom. The number of fused-ring (bicyclic) bond motifs is 1. The first kappa shape index (κ1) is 11.3. The van der Waals surface area contributed by atoms with Crippen molar-refractivity contribution in [3.05, 3.63) is 30.5 Å². The Morgan fingerprint density at radius 1 is 1.41 bits per heavy atom. The van der Waals surface area contributed by atoms with Gasteiger partial charge in [-0.1, -0.05) is 0 Å². The first-order valence-corrected chi connectivity index (χ1v) is 5.38. The van der Waals surface area contributed by atoms with Crippen LogP contribution in [0.2, 0.25) is 0 Å². The van der Waals surface area contributed by atoms with Crippen LogP contribution >= 0.6 is 0 Å². The minimum absolute atomic E-state index is 0.124. The highest BCUT2D eigenvalue weighted by Crippen LogP contribution is 2.21. The largest absolute Gasteiger partial charge is 0.378 e. The number of benzene rings is 1. The van der Waals surface area contributed by atoms with Crippen LogP contribution in [0.5, 0.6) is 0 Å². The zero-order chi connectivity index (χ0) is 12.4. The Balaban J connectivity index is 2.31. The quantitative estimate of drug-likeness (QED) is 0.817. The van der Waals surface area contributed by atoms with Gasteiger partial charge >= 0.3 is 0 Å². The summed E-state index contributed by atoms with van der Waals surface area (Å²) in [6.07, 6.45) is 1.88. The third-order valence-corrected chi connectivity index (χ3v) is 2.61. The van der Waals surface area contributed by atoms with E-state index in [9.17, 15) is 4.79 Å². The van der Waals surface area contributed by atoms with Crippen molar-refractivity contribution in [1.29, 1.82) is 0 Å². The van der Waals surface area contributed by atoms with Gasteiger partial charge in [0, 0.05) is 31.4 Å². The number of hydrogen-bond donors (Lipinski definition) is 2. The third-order valence-electron chi connectivity index (χ3n) is 2.61. The summed E-state index contributed by atoms with van der Waals surface area (Å²) < 4.78 is 1.81. The zero-order valence-corrected chi connectivity index (χ0v) is 9.97. The molecular formula is C12H16N4O. The number of primary amides is 1. The molecule has 1 aromatic carbocycles. The highest BCUT2D eigenvalue weighted by Gasteiger charge is 2.03. The SMILES string of the molecule is CN(C)c1ccc2c(ccn2NCC(N)=O)c1. The van der Waals surface area contributed by atoms with Crippen molar-refractivity contribution in [1.82, 2.24) is 4.68 Å². The van der Waals surface area contributed by atoms with Crippen molar-refractivity contribution in [3.8, 4) is 0 Å². The molecular weight excluding hydrogens is 216 g/mol. The van der Waals surface area contributed by atoms with Gasteiger partial charge in [0.05, 0.1) is 5.52 Å². The molecule has 2 rings (SSSR count). The van der Waals surface area contributed by atoms with E-state index >= 15 is 0 Å². The topological polar surface area (TPSA) is 63.3 Å². The number of hydrogen-bond acceptors (Lipinski definition) is 3. The maximum atomic E-state index is 10.7. The molecule has 1 heterocycles. The van der Waals surface area contributed by atoms with Crippen molar-refractivity contribution in [2.75, 3.05) is 31.0 Å². The van der Waals surface area contributed by atoms with E-state index in [1.807, 2.05) is 43.4 Å². The lowest BCUT2D eigenvalue weighted by atomic mass is 10.2. The molecule has 2 aromatic rings. The van der Waals surface area contributed by atoms with Gasteiger partial charge < -0.3 is 16.1 Å². The Bertz CT molecular complexity index is 544. The maximum absolute atomic E-state index is 10.7. The predicted octanol–water partition coefficient (Wildman–Crippen LogP) is 0.736. The molecule has 1 aromatic heterocycles. The van der Waals surface area contributed by atoms with E-state index in [4.69, 9.17) is 5.73 Å². The summed E-state index contributed by atoms with van der Waals surface area (Å²) in [5.74, 6) is -0.378. The van der Waals surface area contributed by atoms with Gasteiger partial charge in [-0.25, -0.2) is 0 Å². The van der Waals surface area contributed by atoms with Gasteiger partial charge in [0.25, 0.3) is 0 Å².